The van der Waals surface area contributed by atoms with E-state index in [0.29, 0.717) is 12.1 Å². The van der Waals surface area contributed by atoms with Crippen LogP contribution >= 0.6 is 24.0 Å². The molecule has 122 valence electrons. The topological polar surface area (TPSA) is 39.7 Å². The molecule has 1 heterocycles. The number of likely N-dealkylation sites (tertiary alicyclic amines) is 1. The smallest absolute Gasteiger partial charge is 0.191 e. The van der Waals surface area contributed by atoms with E-state index in [1.165, 1.54) is 32.1 Å². The highest BCUT2D eigenvalue weighted by atomic mass is 127. The molecule has 2 unspecified atom stereocenters. The third-order valence-corrected chi connectivity index (χ3v) is 4.44. The van der Waals surface area contributed by atoms with Crippen molar-refractivity contribution in [1.82, 2.24) is 15.5 Å². The Hall–Kier alpha value is -0.300. The van der Waals surface area contributed by atoms with E-state index in [4.69, 9.17) is 0 Å². The molecule has 0 aromatic rings. The lowest BCUT2D eigenvalue weighted by molar-refractivity contribution is 0.225. The van der Waals surface area contributed by atoms with Crippen LogP contribution in [-0.4, -0.2) is 49.6 Å². The molecule has 1 saturated carbocycles. The SMILES string of the molecule is C=CCN1CCC(NC(=NC)NC2CC2CCC)CC1.I. The number of nitrogens with zero attached hydrogens (tertiary/aromatic N) is 2. The first-order valence-electron chi connectivity index (χ1n) is 8.10. The Balaban J connectivity index is 0.00000220. The maximum Gasteiger partial charge on any atom is 0.191 e. The predicted octanol–water partition coefficient (Wildman–Crippen LogP) is 2.61. The van der Waals surface area contributed by atoms with Crippen molar-refractivity contribution in [2.45, 2.75) is 51.1 Å². The molecule has 0 amide bonds. The van der Waals surface area contributed by atoms with Crippen LogP contribution in [0.25, 0.3) is 0 Å². The standard InChI is InChI=1S/C16H30N4.HI/c1-4-6-13-12-15(13)19-16(17-3)18-14-7-10-20(9-5-2)11-8-14;/h5,13-15H,2,4,6-12H2,1,3H3,(H2,17,18,19);1H. The van der Waals surface area contributed by atoms with Crippen molar-refractivity contribution in [2.24, 2.45) is 10.9 Å². The number of nitrogens with one attached hydrogen (secondary N) is 2. The molecule has 2 atom stereocenters. The van der Waals surface area contributed by atoms with Gasteiger partial charge in [0.05, 0.1) is 0 Å². The highest BCUT2D eigenvalue weighted by molar-refractivity contribution is 14.0. The Bertz CT molecular complexity index is 337. The fourth-order valence-corrected chi connectivity index (χ4v) is 3.10. The van der Waals surface area contributed by atoms with Gasteiger partial charge in [0.15, 0.2) is 5.96 Å². The van der Waals surface area contributed by atoms with Crippen molar-refractivity contribution in [2.75, 3.05) is 26.7 Å². The molecule has 0 radical (unpaired) electrons. The highest BCUT2D eigenvalue weighted by Crippen LogP contribution is 2.34. The Labute approximate surface area is 146 Å². The number of aliphatic imine (C=N–C) groups is 1. The lowest BCUT2D eigenvalue weighted by Gasteiger charge is -2.32. The summed E-state index contributed by atoms with van der Waals surface area (Å²) in [6, 6.07) is 1.22. The average Bonchev–Trinajstić information content (AvgIpc) is 3.19. The summed E-state index contributed by atoms with van der Waals surface area (Å²) in [5.41, 5.74) is 0. The Morgan fingerprint density at radius 1 is 1.33 bits per heavy atom. The molecular weight excluding hydrogens is 375 g/mol. The molecule has 4 nitrogen and oxygen atoms in total. The summed E-state index contributed by atoms with van der Waals surface area (Å²) in [5, 5.41) is 7.16. The normalized spacial score (nSPS) is 26.9. The zero-order valence-electron chi connectivity index (χ0n) is 13.5. The number of guanidine groups is 1. The molecule has 0 spiro atoms. The minimum atomic E-state index is 0. The number of halogens is 1. The van der Waals surface area contributed by atoms with Crippen molar-refractivity contribution in [3.63, 3.8) is 0 Å². The van der Waals surface area contributed by atoms with Crippen molar-refractivity contribution in [1.29, 1.82) is 0 Å². The second kappa shape index (κ2) is 9.66. The molecule has 21 heavy (non-hydrogen) atoms. The molecule has 2 aliphatic rings. The van der Waals surface area contributed by atoms with E-state index in [1.807, 2.05) is 13.1 Å². The zero-order valence-corrected chi connectivity index (χ0v) is 15.8. The Morgan fingerprint density at radius 2 is 2.05 bits per heavy atom. The van der Waals surface area contributed by atoms with Crippen LogP contribution in [0.1, 0.15) is 39.0 Å². The van der Waals surface area contributed by atoms with Gasteiger partial charge in [0, 0.05) is 38.8 Å². The summed E-state index contributed by atoms with van der Waals surface area (Å²) in [7, 11) is 1.87. The van der Waals surface area contributed by atoms with E-state index in [0.717, 1.165) is 31.5 Å². The first-order chi connectivity index (χ1) is 9.76. The first-order valence-corrected chi connectivity index (χ1v) is 8.10. The highest BCUT2D eigenvalue weighted by Gasteiger charge is 2.36. The third kappa shape index (κ3) is 6.14. The second-order valence-corrected chi connectivity index (χ2v) is 6.12. The van der Waals surface area contributed by atoms with E-state index in [1.54, 1.807) is 0 Å². The Morgan fingerprint density at radius 3 is 2.62 bits per heavy atom. The first kappa shape index (κ1) is 18.7. The zero-order chi connectivity index (χ0) is 14.4. The van der Waals surface area contributed by atoms with Crippen molar-refractivity contribution < 1.29 is 0 Å². The lowest BCUT2D eigenvalue weighted by atomic mass is 10.1. The second-order valence-electron chi connectivity index (χ2n) is 6.12. The quantitative estimate of drug-likeness (QED) is 0.308. The molecule has 0 bridgehead atoms. The van der Waals surface area contributed by atoms with E-state index in [2.05, 4.69) is 34.0 Å². The maximum absolute atomic E-state index is 4.38. The number of hydrogen-bond acceptors (Lipinski definition) is 2. The molecule has 1 saturated heterocycles. The summed E-state index contributed by atoms with van der Waals surface area (Å²) in [6.07, 6.45) is 8.32. The lowest BCUT2D eigenvalue weighted by Crippen LogP contribution is -2.49. The third-order valence-electron chi connectivity index (χ3n) is 4.44. The van der Waals surface area contributed by atoms with Crippen LogP contribution in [0.15, 0.2) is 17.6 Å². The van der Waals surface area contributed by atoms with Gasteiger partial charge in [0.25, 0.3) is 0 Å². The van der Waals surface area contributed by atoms with Gasteiger partial charge in [-0.25, -0.2) is 0 Å². The van der Waals surface area contributed by atoms with Crippen molar-refractivity contribution in [3.8, 4) is 0 Å². The fraction of sp³-hybridized carbons (Fsp3) is 0.812. The number of rotatable bonds is 6. The van der Waals surface area contributed by atoms with Crippen LogP contribution in [0.5, 0.6) is 0 Å². The van der Waals surface area contributed by atoms with Gasteiger partial charge in [-0.3, -0.25) is 9.89 Å². The van der Waals surface area contributed by atoms with Crippen molar-refractivity contribution in [3.05, 3.63) is 12.7 Å². The van der Waals surface area contributed by atoms with Gasteiger partial charge in [-0.2, -0.15) is 0 Å². The molecule has 0 aromatic carbocycles. The largest absolute Gasteiger partial charge is 0.354 e. The van der Waals surface area contributed by atoms with E-state index >= 15 is 0 Å². The molecular formula is C16H31IN4. The summed E-state index contributed by atoms with van der Waals surface area (Å²) in [6.45, 7) is 9.40. The number of piperidine rings is 1. The van der Waals surface area contributed by atoms with Gasteiger partial charge in [-0.05, 0) is 31.6 Å². The average molecular weight is 406 g/mol. The fourth-order valence-electron chi connectivity index (χ4n) is 3.10. The van der Waals surface area contributed by atoms with Gasteiger partial charge in [-0.1, -0.05) is 19.4 Å². The van der Waals surface area contributed by atoms with Crippen LogP contribution in [0.4, 0.5) is 0 Å². The summed E-state index contributed by atoms with van der Waals surface area (Å²) < 4.78 is 0. The van der Waals surface area contributed by atoms with Crippen LogP contribution in [0, 0.1) is 5.92 Å². The molecule has 2 fully saturated rings. The number of hydrogen-bond donors (Lipinski definition) is 2. The predicted molar refractivity (Wildman–Crippen MR) is 102 cm³/mol. The molecule has 1 aliphatic heterocycles. The van der Waals surface area contributed by atoms with Gasteiger partial charge < -0.3 is 10.6 Å². The minimum Gasteiger partial charge on any atom is -0.354 e. The van der Waals surface area contributed by atoms with Gasteiger partial charge in [-0.15, -0.1) is 30.6 Å². The van der Waals surface area contributed by atoms with Gasteiger partial charge >= 0.3 is 0 Å². The molecule has 5 heteroatoms. The van der Waals surface area contributed by atoms with E-state index < -0.39 is 0 Å². The van der Waals surface area contributed by atoms with E-state index in [-0.39, 0.29) is 24.0 Å². The summed E-state index contributed by atoms with van der Waals surface area (Å²) >= 11 is 0. The van der Waals surface area contributed by atoms with Crippen LogP contribution in [0.3, 0.4) is 0 Å². The monoisotopic (exact) mass is 406 g/mol. The molecule has 0 aromatic heterocycles. The molecule has 2 rings (SSSR count). The van der Waals surface area contributed by atoms with Gasteiger partial charge in [0.2, 0.25) is 0 Å². The summed E-state index contributed by atoms with van der Waals surface area (Å²) in [5.74, 6) is 1.86. The molecule has 1 aliphatic carbocycles. The van der Waals surface area contributed by atoms with Crippen molar-refractivity contribution >= 4 is 29.9 Å². The maximum atomic E-state index is 4.38. The van der Waals surface area contributed by atoms with Crippen LogP contribution < -0.4 is 10.6 Å². The Kier molecular flexibility index (Phi) is 8.63. The van der Waals surface area contributed by atoms with E-state index in [9.17, 15) is 0 Å². The summed E-state index contributed by atoms with van der Waals surface area (Å²) in [4.78, 5) is 6.83. The van der Waals surface area contributed by atoms with Crippen LogP contribution in [-0.2, 0) is 0 Å². The minimum absolute atomic E-state index is 0. The molecule has 2 N–H and O–H groups in total. The van der Waals surface area contributed by atoms with Gasteiger partial charge in [0.1, 0.15) is 0 Å². The van der Waals surface area contributed by atoms with Crippen LogP contribution in [0.2, 0.25) is 0 Å².